The molecule has 0 aliphatic carbocycles. The molecule has 0 saturated heterocycles. The van der Waals surface area contributed by atoms with Gasteiger partial charge in [-0.15, -0.1) is 6.10 Å². The molecule has 0 fully saturated rings. The van der Waals surface area contributed by atoms with E-state index in [4.69, 9.17) is 4.74 Å². The van der Waals surface area contributed by atoms with Gasteiger partial charge in [-0.2, -0.15) is 0 Å². The quantitative estimate of drug-likeness (QED) is 0.0460. The van der Waals surface area contributed by atoms with Gasteiger partial charge in [0.1, 0.15) is 0 Å². The number of rotatable bonds is 21. The topological polar surface area (TPSA) is 116 Å². The SMILES string of the molecule is CCCCOC(=O)CCCCCCCC=CCC([O-])CCCCCCOS(=O)(=O)[O-].[Na+].[Na+]. The van der Waals surface area contributed by atoms with Crippen LogP contribution in [0, 0.1) is 0 Å². The number of hydrogen-bond acceptors (Lipinski definition) is 7. The van der Waals surface area contributed by atoms with Gasteiger partial charge in [0.15, 0.2) is 0 Å². The Balaban J connectivity index is -0.00000420. The summed E-state index contributed by atoms with van der Waals surface area (Å²) in [6, 6.07) is 0. The van der Waals surface area contributed by atoms with Crippen LogP contribution in [0.15, 0.2) is 12.2 Å². The zero-order chi connectivity index (χ0) is 22.5. The van der Waals surface area contributed by atoms with Gasteiger partial charge in [0.2, 0.25) is 10.4 Å². The molecule has 0 aromatic heterocycles. The molecular weight excluding hydrogens is 454 g/mol. The third-order valence-corrected chi connectivity index (χ3v) is 5.18. The molecule has 0 bridgehead atoms. The van der Waals surface area contributed by atoms with Crippen molar-refractivity contribution in [3.8, 4) is 0 Å². The third-order valence-electron chi connectivity index (χ3n) is 4.73. The van der Waals surface area contributed by atoms with Crippen molar-refractivity contribution in [2.45, 2.75) is 109 Å². The van der Waals surface area contributed by atoms with Crippen molar-refractivity contribution in [2.24, 2.45) is 0 Å². The second-order valence-corrected chi connectivity index (χ2v) is 8.69. The summed E-state index contributed by atoms with van der Waals surface area (Å²) >= 11 is 0. The van der Waals surface area contributed by atoms with Gasteiger partial charge in [-0.1, -0.05) is 70.4 Å². The smallest absolute Gasteiger partial charge is 0.852 e. The Bertz CT molecular complexity index is 542. The molecule has 7 nitrogen and oxygen atoms in total. The van der Waals surface area contributed by atoms with Crippen LogP contribution in [0.25, 0.3) is 0 Å². The van der Waals surface area contributed by atoms with Gasteiger partial charge in [0.05, 0.1) is 13.2 Å². The van der Waals surface area contributed by atoms with E-state index in [0.717, 1.165) is 70.6 Å². The number of hydrogen-bond donors (Lipinski definition) is 0. The van der Waals surface area contributed by atoms with E-state index in [1.807, 2.05) is 6.08 Å². The van der Waals surface area contributed by atoms with Crippen molar-refractivity contribution in [2.75, 3.05) is 13.2 Å². The maximum absolute atomic E-state index is 11.9. The molecule has 0 aromatic carbocycles. The molecule has 0 N–H and O–H groups in total. The van der Waals surface area contributed by atoms with E-state index in [9.17, 15) is 22.9 Å². The van der Waals surface area contributed by atoms with Gasteiger partial charge >= 0.3 is 65.1 Å². The fraction of sp³-hybridized carbons (Fsp3) is 0.864. The summed E-state index contributed by atoms with van der Waals surface area (Å²) in [5.41, 5.74) is 0. The van der Waals surface area contributed by atoms with Gasteiger partial charge < -0.3 is 14.4 Å². The van der Waals surface area contributed by atoms with E-state index in [-0.39, 0.29) is 71.7 Å². The van der Waals surface area contributed by atoms with Crippen LogP contribution < -0.4 is 64.2 Å². The van der Waals surface area contributed by atoms with Gasteiger partial charge in [-0.25, -0.2) is 8.42 Å². The maximum Gasteiger partial charge on any atom is 1.00 e. The van der Waals surface area contributed by atoms with Crippen LogP contribution in [0.2, 0.25) is 0 Å². The minimum Gasteiger partial charge on any atom is -0.852 e. The largest absolute Gasteiger partial charge is 1.00 e. The van der Waals surface area contributed by atoms with Gasteiger partial charge in [0, 0.05) is 6.42 Å². The predicted octanol–water partition coefficient (Wildman–Crippen LogP) is -1.83. The van der Waals surface area contributed by atoms with Crippen molar-refractivity contribution >= 4 is 16.4 Å². The molecule has 32 heavy (non-hydrogen) atoms. The number of esters is 1. The van der Waals surface area contributed by atoms with Crippen molar-refractivity contribution in [1.29, 1.82) is 0 Å². The van der Waals surface area contributed by atoms with E-state index in [0.29, 0.717) is 32.3 Å². The minimum absolute atomic E-state index is 0. The molecule has 178 valence electrons. The first-order chi connectivity index (χ1) is 14.3. The van der Waals surface area contributed by atoms with Crippen LogP contribution >= 0.6 is 0 Å². The van der Waals surface area contributed by atoms with Crippen molar-refractivity contribution < 1.29 is 90.9 Å². The summed E-state index contributed by atoms with van der Waals surface area (Å²) < 4.78 is 40.0. The third kappa shape index (κ3) is 31.0. The van der Waals surface area contributed by atoms with Crippen LogP contribution in [0.4, 0.5) is 0 Å². The molecule has 1 atom stereocenters. The molecule has 0 amide bonds. The fourth-order valence-electron chi connectivity index (χ4n) is 2.94. The molecule has 0 spiro atoms. The average Bonchev–Trinajstić information content (AvgIpc) is 2.68. The Morgan fingerprint density at radius 2 is 1.50 bits per heavy atom. The van der Waals surface area contributed by atoms with Crippen molar-refractivity contribution in [3.63, 3.8) is 0 Å². The number of allylic oxidation sites excluding steroid dienone is 1. The van der Waals surface area contributed by atoms with E-state index in [2.05, 4.69) is 17.2 Å². The van der Waals surface area contributed by atoms with Crippen LogP contribution in [-0.2, 0) is 24.1 Å². The van der Waals surface area contributed by atoms with Gasteiger partial charge in [-0.05, 0) is 38.5 Å². The summed E-state index contributed by atoms with van der Waals surface area (Å²) in [7, 11) is -4.59. The van der Waals surface area contributed by atoms with Crippen LogP contribution in [0.3, 0.4) is 0 Å². The first kappa shape index (κ1) is 37.6. The number of unbranched alkanes of at least 4 members (excludes halogenated alkanes) is 9. The maximum atomic E-state index is 11.9. The molecular formula is C22H40Na2O7S. The molecule has 0 aromatic rings. The zero-order valence-electron chi connectivity index (χ0n) is 20.5. The number of ether oxygens (including phenoxy) is 1. The van der Waals surface area contributed by atoms with Gasteiger partial charge in [0.25, 0.3) is 0 Å². The molecule has 0 heterocycles. The van der Waals surface area contributed by atoms with Crippen LogP contribution in [0.5, 0.6) is 0 Å². The summed E-state index contributed by atoms with van der Waals surface area (Å²) in [4.78, 5) is 11.4. The minimum atomic E-state index is -4.59. The second kappa shape index (κ2) is 26.6. The Labute approximate surface area is 240 Å². The van der Waals surface area contributed by atoms with E-state index in [1.54, 1.807) is 0 Å². The molecule has 1 unspecified atom stereocenters. The van der Waals surface area contributed by atoms with Crippen LogP contribution in [-0.4, -0.2) is 38.3 Å². The molecule has 0 saturated carbocycles. The van der Waals surface area contributed by atoms with Gasteiger partial charge in [-0.3, -0.25) is 8.98 Å². The van der Waals surface area contributed by atoms with E-state index in [1.165, 1.54) is 0 Å². The molecule has 0 rings (SSSR count). The Hall–Kier alpha value is 1.04. The molecule has 0 aliphatic rings. The van der Waals surface area contributed by atoms with Crippen molar-refractivity contribution in [1.82, 2.24) is 0 Å². The summed E-state index contributed by atoms with van der Waals surface area (Å²) in [5.74, 6) is -0.0812. The summed E-state index contributed by atoms with van der Waals surface area (Å²) in [5, 5.41) is 11.9. The van der Waals surface area contributed by atoms with E-state index >= 15 is 0 Å². The van der Waals surface area contributed by atoms with Crippen LogP contribution in [0.1, 0.15) is 103 Å². The predicted molar refractivity (Wildman–Crippen MR) is 114 cm³/mol. The monoisotopic (exact) mass is 494 g/mol. The first-order valence-electron chi connectivity index (χ1n) is 11.4. The summed E-state index contributed by atoms with van der Waals surface area (Å²) in [6.45, 7) is 2.53. The summed E-state index contributed by atoms with van der Waals surface area (Å²) in [6.07, 6.45) is 16.2. The standard InChI is InChI=1S/C22H41O7S.2Na/c1-2-3-19-28-22(24)18-14-9-7-5-4-6-8-12-16-21(23)17-13-10-11-15-20-29-30(25,26)27;;/h8,12,21H,2-7,9-11,13-20H2,1H3,(H,25,26,27);;/q-1;2*+1/p-1. The molecule has 0 aliphatic heterocycles. The first-order valence-corrected chi connectivity index (χ1v) is 12.7. The average molecular weight is 495 g/mol. The fourth-order valence-corrected chi connectivity index (χ4v) is 3.26. The number of carbonyl (C=O) groups is 1. The zero-order valence-corrected chi connectivity index (χ0v) is 25.3. The van der Waals surface area contributed by atoms with E-state index < -0.39 is 16.5 Å². The molecule has 10 heteroatoms. The Morgan fingerprint density at radius 1 is 0.875 bits per heavy atom. The number of carbonyl (C=O) groups excluding carboxylic acids is 1. The second-order valence-electron chi connectivity index (χ2n) is 7.64. The Morgan fingerprint density at radius 3 is 2.19 bits per heavy atom. The Kier molecular flexibility index (Phi) is 31.3. The molecule has 0 radical (unpaired) electrons. The normalized spacial score (nSPS) is 12.2. The van der Waals surface area contributed by atoms with Crippen molar-refractivity contribution in [3.05, 3.63) is 12.2 Å².